The number of rotatable bonds is 4. The number of hydrogen-bond acceptors (Lipinski definition) is 6. The second-order valence-electron chi connectivity index (χ2n) is 5.79. The van der Waals surface area contributed by atoms with Gasteiger partial charge in [-0.25, -0.2) is 0 Å². The number of benzene rings is 1. The van der Waals surface area contributed by atoms with Gasteiger partial charge in [0.1, 0.15) is 5.02 Å². The lowest BCUT2D eigenvalue weighted by Gasteiger charge is -2.26. The van der Waals surface area contributed by atoms with Gasteiger partial charge in [-0.05, 0) is 24.3 Å². The number of nitrogens with zero attached hydrogens (tertiary/aromatic N) is 3. The minimum atomic E-state index is -4.81. The Bertz CT molecular complexity index is 897. The lowest BCUT2D eigenvalue weighted by atomic mass is 10.2. The molecule has 8 nitrogen and oxygen atoms in total. The van der Waals surface area contributed by atoms with Gasteiger partial charge in [0, 0.05) is 29.8 Å². The summed E-state index contributed by atoms with van der Waals surface area (Å²) in [5.41, 5.74) is -0.151. The summed E-state index contributed by atoms with van der Waals surface area (Å²) in [5, 5.41) is 13.0. The van der Waals surface area contributed by atoms with Crippen molar-refractivity contribution in [3.05, 3.63) is 57.9 Å². The van der Waals surface area contributed by atoms with Gasteiger partial charge < -0.3 is 15.0 Å². The number of nitro groups is 1. The molecule has 1 amide bonds. The SMILES string of the molecule is O=C(Nc1ccncc1)[C@@H]1CN(c2ccc([N+](=O)[O-])c(Cl)c2)[C@@H](C(F)(F)F)O1. The number of pyridine rings is 1. The smallest absolute Gasteiger partial charge is 0.335 e. The van der Waals surface area contributed by atoms with Crippen LogP contribution in [0, 0.1) is 10.1 Å². The first-order valence-electron chi connectivity index (χ1n) is 7.80. The van der Waals surface area contributed by atoms with Crippen LogP contribution in [0.3, 0.4) is 0 Å². The molecule has 2 atom stereocenters. The summed E-state index contributed by atoms with van der Waals surface area (Å²) < 4.78 is 45.2. The fourth-order valence-corrected chi connectivity index (χ4v) is 2.91. The van der Waals surface area contributed by atoms with Crippen molar-refractivity contribution in [3.8, 4) is 0 Å². The van der Waals surface area contributed by atoms with E-state index in [9.17, 15) is 28.1 Å². The van der Waals surface area contributed by atoms with Crippen molar-refractivity contribution in [1.29, 1.82) is 0 Å². The molecule has 1 saturated heterocycles. The molecule has 1 fully saturated rings. The average molecular weight is 417 g/mol. The van der Waals surface area contributed by atoms with E-state index in [1.165, 1.54) is 24.5 Å². The highest BCUT2D eigenvalue weighted by Crippen LogP contribution is 2.37. The van der Waals surface area contributed by atoms with Crippen molar-refractivity contribution in [1.82, 2.24) is 4.98 Å². The number of carbonyl (C=O) groups is 1. The molecule has 0 spiro atoms. The molecule has 0 bridgehead atoms. The second kappa shape index (κ2) is 7.60. The number of nitro benzene ring substituents is 1. The number of amides is 1. The highest BCUT2D eigenvalue weighted by Gasteiger charge is 2.52. The van der Waals surface area contributed by atoms with Gasteiger partial charge >= 0.3 is 6.18 Å². The summed E-state index contributed by atoms with van der Waals surface area (Å²) >= 11 is 5.80. The van der Waals surface area contributed by atoms with Crippen LogP contribution in [-0.4, -0.2) is 40.9 Å². The molecule has 2 aromatic rings. The van der Waals surface area contributed by atoms with Crippen LogP contribution >= 0.6 is 11.6 Å². The Morgan fingerprint density at radius 2 is 2.00 bits per heavy atom. The van der Waals surface area contributed by atoms with Gasteiger partial charge in [0.05, 0.1) is 11.5 Å². The molecule has 12 heteroatoms. The molecule has 148 valence electrons. The number of aromatic nitrogens is 1. The van der Waals surface area contributed by atoms with Crippen molar-refractivity contribution in [3.63, 3.8) is 0 Å². The van der Waals surface area contributed by atoms with Gasteiger partial charge in [-0.3, -0.25) is 19.9 Å². The Kier molecular flexibility index (Phi) is 5.38. The first kappa shape index (κ1) is 19.8. The van der Waals surface area contributed by atoms with Crippen LogP contribution in [0.4, 0.5) is 30.2 Å². The van der Waals surface area contributed by atoms with E-state index >= 15 is 0 Å². The standard InChI is InChI=1S/C16H12ClF3N4O4/c17-11-7-10(1-2-12(11)24(26)27)23-8-13(28-15(23)16(18,19)20)14(25)22-9-3-5-21-6-4-9/h1-7,13,15H,8H2,(H,21,22,25)/t13-,15+/m0/s1. The molecule has 3 rings (SSSR count). The number of ether oxygens (including phenoxy) is 1. The van der Waals surface area contributed by atoms with Crippen LogP contribution in [0.15, 0.2) is 42.7 Å². The number of halogens is 4. The van der Waals surface area contributed by atoms with E-state index in [0.29, 0.717) is 5.69 Å². The summed E-state index contributed by atoms with van der Waals surface area (Å²) in [6, 6.07) is 6.10. The molecule has 1 N–H and O–H groups in total. The number of anilines is 2. The third-order valence-electron chi connectivity index (χ3n) is 3.92. The van der Waals surface area contributed by atoms with Crippen molar-refractivity contribution in [2.24, 2.45) is 0 Å². The first-order valence-corrected chi connectivity index (χ1v) is 8.18. The topological polar surface area (TPSA) is 97.6 Å². The Hall–Kier alpha value is -2.92. The third kappa shape index (κ3) is 4.15. The van der Waals surface area contributed by atoms with E-state index in [1.807, 2.05) is 0 Å². The summed E-state index contributed by atoms with van der Waals surface area (Å²) in [5.74, 6) is -0.768. The van der Waals surface area contributed by atoms with Gasteiger partial charge in [-0.1, -0.05) is 11.6 Å². The van der Waals surface area contributed by atoms with Gasteiger partial charge in [-0.15, -0.1) is 0 Å². The molecule has 2 heterocycles. The van der Waals surface area contributed by atoms with E-state index in [-0.39, 0.29) is 10.7 Å². The molecule has 1 aromatic heterocycles. The Labute approximate surface area is 161 Å². The maximum Gasteiger partial charge on any atom is 0.433 e. The molecule has 1 aliphatic rings. The molecule has 1 aliphatic heterocycles. The zero-order valence-electron chi connectivity index (χ0n) is 13.9. The maximum atomic E-state index is 13.4. The van der Waals surface area contributed by atoms with Crippen molar-refractivity contribution >= 4 is 34.6 Å². The molecule has 0 unspecified atom stereocenters. The third-order valence-corrected chi connectivity index (χ3v) is 4.22. The summed E-state index contributed by atoms with van der Waals surface area (Å²) in [4.78, 5) is 27.0. The lowest BCUT2D eigenvalue weighted by molar-refractivity contribution is -0.384. The highest BCUT2D eigenvalue weighted by atomic mass is 35.5. The normalized spacial score (nSPS) is 19.5. The Morgan fingerprint density at radius 3 is 2.57 bits per heavy atom. The number of hydrogen-bond donors (Lipinski definition) is 1. The average Bonchev–Trinajstić information content (AvgIpc) is 3.08. The van der Waals surface area contributed by atoms with Crippen LogP contribution in [0.2, 0.25) is 5.02 Å². The molecular weight excluding hydrogens is 405 g/mol. The van der Waals surface area contributed by atoms with Gasteiger partial charge in [0.25, 0.3) is 11.6 Å². The van der Waals surface area contributed by atoms with Gasteiger partial charge in [0.15, 0.2) is 6.10 Å². The summed E-state index contributed by atoms with van der Waals surface area (Å²) in [6.45, 7) is -0.421. The van der Waals surface area contributed by atoms with E-state index in [2.05, 4.69) is 10.3 Å². The van der Waals surface area contributed by atoms with Crippen molar-refractivity contribution < 1.29 is 27.6 Å². The van der Waals surface area contributed by atoms with Crippen LogP contribution in [0.1, 0.15) is 0 Å². The summed E-state index contributed by atoms with van der Waals surface area (Å²) in [7, 11) is 0. The second-order valence-corrected chi connectivity index (χ2v) is 6.20. The molecular formula is C16H12ClF3N4O4. The number of alkyl halides is 3. The quantitative estimate of drug-likeness (QED) is 0.606. The predicted octanol–water partition coefficient (Wildman–Crippen LogP) is 3.38. The van der Waals surface area contributed by atoms with Crippen LogP contribution in [0.25, 0.3) is 0 Å². The molecule has 0 radical (unpaired) electrons. The summed E-state index contributed by atoms with van der Waals surface area (Å²) in [6.07, 6.45) is -5.81. The fourth-order valence-electron chi connectivity index (χ4n) is 2.67. The van der Waals surface area contributed by atoms with Crippen LogP contribution < -0.4 is 10.2 Å². The van der Waals surface area contributed by atoms with E-state index < -0.39 is 41.6 Å². The predicted molar refractivity (Wildman–Crippen MR) is 93.0 cm³/mol. The van der Waals surface area contributed by atoms with Gasteiger partial charge in [-0.2, -0.15) is 13.2 Å². The number of carbonyl (C=O) groups excluding carboxylic acids is 1. The van der Waals surface area contributed by atoms with Gasteiger partial charge in [0.2, 0.25) is 6.23 Å². The van der Waals surface area contributed by atoms with E-state index in [1.54, 1.807) is 0 Å². The Balaban J connectivity index is 1.84. The van der Waals surface area contributed by atoms with Crippen LogP contribution in [-0.2, 0) is 9.53 Å². The first-order chi connectivity index (χ1) is 13.2. The van der Waals surface area contributed by atoms with E-state index in [4.69, 9.17) is 16.3 Å². The molecule has 0 saturated carbocycles. The van der Waals surface area contributed by atoms with Crippen molar-refractivity contribution in [2.45, 2.75) is 18.5 Å². The molecule has 0 aliphatic carbocycles. The number of nitrogens with one attached hydrogen (secondary N) is 1. The minimum Gasteiger partial charge on any atom is -0.335 e. The fraction of sp³-hybridized carbons (Fsp3) is 0.250. The monoisotopic (exact) mass is 416 g/mol. The lowest BCUT2D eigenvalue weighted by Crippen LogP contribution is -2.42. The molecule has 1 aromatic carbocycles. The minimum absolute atomic E-state index is 0.0582. The van der Waals surface area contributed by atoms with Crippen LogP contribution in [0.5, 0.6) is 0 Å². The zero-order chi connectivity index (χ0) is 20.5. The van der Waals surface area contributed by atoms with E-state index in [0.717, 1.165) is 23.1 Å². The Morgan fingerprint density at radius 1 is 1.32 bits per heavy atom. The maximum absolute atomic E-state index is 13.4. The zero-order valence-corrected chi connectivity index (χ0v) is 14.6. The largest absolute Gasteiger partial charge is 0.433 e. The van der Waals surface area contributed by atoms with Crippen molar-refractivity contribution in [2.75, 3.05) is 16.8 Å². The highest BCUT2D eigenvalue weighted by molar-refractivity contribution is 6.32. The molecule has 28 heavy (non-hydrogen) atoms.